The lowest BCUT2D eigenvalue weighted by molar-refractivity contribution is 0.0664. The van der Waals surface area contributed by atoms with Crippen LogP contribution in [0.4, 0.5) is 0 Å². The summed E-state index contributed by atoms with van der Waals surface area (Å²) >= 11 is 6.03. The highest BCUT2D eigenvalue weighted by molar-refractivity contribution is 6.33. The third-order valence-electron chi connectivity index (χ3n) is 3.36. The first-order valence-corrected chi connectivity index (χ1v) is 6.26. The number of likely N-dealkylation sites (tertiary alicyclic amines) is 1. The molecule has 0 aromatic heterocycles. The zero-order chi connectivity index (χ0) is 12.4. The third-order valence-corrected chi connectivity index (χ3v) is 3.69. The van der Waals surface area contributed by atoms with Crippen LogP contribution in [0.1, 0.15) is 23.7 Å². The fraction of sp³-hybridized carbons (Fsp3) is 0.462. The summed E-state index contributed by atoms with van der Waals surface area (Å²) in [5.74, 6) is 0.351. The van der Waals surface area contributed by atoms with Gasteiger partial charge in [-0.1, -0.05) is 30.7 Å². The Bertz CT molecular complexity index is 422. The third kappa shape index (κ3) is 2.61. The summed E-state index contributed by atoms with van der Waals surface area (Å²) in [6.07, 6.45) is 0.858. The van der Waals surface area contributed by atoms with Gasteiger partial charge in [-0.05, 0) is 24.5 Å². The number of carbonyl (C=O) groups is 1. The molecule has 3 nitrogen and oxygen atoms in total. The Morgan fingerprint density at radius 1 is 1.47 bits per heavy atom. The molecule has 2 N–H and O–H groups in total. The Balaban J connectivity index is 2.14. The lowest BCUT2D eigenvalue weighted by Crippen LogP contribution is -2.48. The molecule has 1 aliphatic rings. The van der Waals surface area contributed by atoms with Gasteiger partial charge in [0.25, 0.3) is 5.91 Å². The molecule has 4 heteroatoms. The highest BCUT2D eigenvalue weighted by Gasteiger charge is 2.27. The highest BCUT2D eigenvalue weighted by Crippen LogP contribution is 2.21. The Morgan fingerprint density at radius 2 is 2.18 bits per heavy atom. The van der Waals surface area contributed by atoms with Gasteiger partial charge in [0.1, 0.15) is 0 Å². The number of amides is 1. The Morgan fingerprint density at radius 3 is 2.82 bits per heavy atom. The molecule has 0 saturated carbocycles. The van der Waals surface area contributed by atoms with E-state index in [1.165, 1.54) is 0 Å². The second-order valence-electron chi connectivity index (χ2n) is 4.66. The maximum atomic E-state index is 12.3. The minimum atomic E-state index is 0.00866. The molecular weight excluding hydrogens is 236 g/mol. The average Bonchev–Trinajstić information content (AvgIpc) is 2.32. The molecule has 2 unspecified atom stereocenters. The van der Waals surface area contributed by atoms with Crippen molar-refractivity contribution in [2.24, 2.45) is 11.7 Å². The molecule has 0 radical (unpaired) electrons. The lowest BCUT2D eigenvalue weighted by atomic mass is 9.94. The van der Waals surface area contributed by atoms with Gasteiger partial charge in [0.2, 0.25) is 0 Å². The lowest BCUT2D eigenvalue weighted by Gasteiger charge is -2.35. The molecular formula is C13H17ClN2O. The summed E-state index contributed by atoms with van der Waals surface area (Å²) < 4.78 is 0. The van der Waals surface area contributed by atoms with Gasteiger partial charge in [-0.25, -0.2) is 0 Å². The molecule has 1 amide bonds. The van der Waals surface area contributed by atoms with E-state index >= 15 is 0 Å². The van der Waals surface area contributed by atoms with Crippen molar-refractivity contribution >= 4 is 17.5 Å². The van der Waals surface area contributed by atoms with Crippen LogP contribution in [-0.2, 0) is 0 Å². The van der Waals surface area contributed by atoms with Gasteiger partial charge >= 0.3 is 0 Å². The van der Waals surface area contributed by atoms with Crippen molar-refractivity contribution in [3.8, 4) is 0 Å². The molecule has 1 aromatic carbocycles. The molecule has 1 aromatic rings. The van der Waals surface area contributed by atoms with Crippen LogP contribution in [0.2, 0.25) is 5.02 Å². The zero-order valence-electron chi connectivity index (χ0n) is 9.90. The number of hydrogen-bond donors (Lipinski definition) is 1. The number of halogens is 1. The average molecular weight is 253 g/mol. The predicted molar refractivity (Wildman–Crippen MR) is 69.1 cm³/mol. The van der Waals surface area contributed by atoms with Crippen molar-refractivity contribution < 1.29 is 4.79 Å². The summed E-state index contributed by atoms with van der Waals surface area (Å²) in [4.78, 5) is 14.1. The van der Waals surface area contributed by atoms with Gasteiger partial charge in [0, 0.05) is 19.1 Å². The SMILES string of the molecule is CC1CN(C(=O)c2ccccc2Cl)CCC1N. The number of nitrogens with zero attached hydrogens (tertiary/aromatic N) is 1. The van der Waals surface area contributed by atoms with Crippen LogP contribution < -0.4 is 5.73 Å². The van der Waals surface area contributed by atoms with E-state index in [0.29, 0.717) is 23.0 Å². The second-order valence-corrected chi connectivity index (χ2v) is 5.07. The summed E-state index contributed by atoms with van der Waals surface area (Å²) in [6, 6.07) is 7.37. The first-order chi connectivity index (χ1) is 8.09. The van der Waals surface area contributed by atoms with Crippen LogP contribution in [0, 0.1) is 5.92 Å². The Kier molecular flexibility index (Phi) is 3.69. The van der Waals surface area contributed by atoms with Crippen LogP contribution in [0.5, 0.6) is 0 Å². The monoisotopic (exact) mass is 252 g/mol. The topological polar surface area (TPSA) is 46.3 Å². The van der Waals surface area contributed by atoms with Gasteiger partial charge in [-0.15, -0.1) is 0 Å². The predicted octanol–water partition coefficient (Wildman–Crippen LogP) is 2.15. The maximum Gasteiger partial charge on any atom is 0.255 e. The van der Waals surface area contributed by atoms with E-state index in [1.54, 1.807) is 12.1 Å². The molecule has 17 heavy (non-hydrogen) atoms. The van der Waals surface area contributed by atoms with Crippen molar-refractivity contribution in [3.63, 3.8) is 0 Å². The standard InChI is InChI=1S/C13H17ClN2O/c1-9-8-16(7-6-12(9)15)13(17)10-4-2-3-5-11(10)14/h2-5,9,12H,6-8,15H2,1H3. The number of hydrogen-bond acceptors (Lipinski definition) is 2. The number of benzene rings is 1. The molecule has 0 aliphatic carbocycles. The molecule has 0 bridgehead atoms. The zero-order valence-corrected chi connectivity index (χ0v) is 10.7. The molecule has 2 rings (SSSR count). The van der Waals surface area contributed by atoms with Crippen molar-refractivity contribution in [2.75, 3.05) is 13.1 Å². The van der Waals surface area contributed by atoms with Gasteiger partial charge in [0.15, 0.2) is 0 Å². The van der Waals surface area contributed by atoms with Gasteiger partial charge in [0.05, 0.1) is 10.6 Å². The fourth-order valence-corrected chi connectivity index (χ4v) is 2.37. The fourth-order valence-electron chi connectivity index (χ4n) is 2.15. The van der Waals surface area contributed by atoms with Crippen LogP contribution in [-0.4, -0.2) is 29.9 Å². The number of carbonyl (C=O) groups excluding carboxylic acids is 1. The maximum absolute atomic E-state index is 12.3. The molecule has 1 heterocycles. The largest absolute Gasteiger partial charge is 0.338 e. The van der Waals surface area contributed by atoms with Gasteiger partial charge in [-0.3, -0.25) is 4.79 Å². The highest BCUT2D eigenvalue weighted by atomic mass is 35.5. The number of piperidine rings is 1. The van der Waals surface area contributed by atoms with E-state index in [1.807, 2.05) is 17.0 Å². The van der Waals surface area contributed by atoms with E-state index in [-0.39, 0.29) is 11.9 Å². The van der Waals surface area contributed by atoms with Crippen LogP contribution >= 0.6 is 11.6 Å². The summed E-state index contributed by atoms with van der Waals surface area (Å²) in [6.45, 7) is 3.51. The molecule has 1 saturated heterocycles. The molecule has 92 valence electrons. The van der Waals surface area contributed by atoms with Crippen molar-refractivity contribution in [1.29, 1.82) is 0 Å². The first kappa shape index (κ1) is 12.4. The van der Waals surface area contributed by atoms with Crippen LogP contribution in [0.25, 0.3) is 0 Å². The van der Waals surface area contributed by atoms with Gasteiger partial charge in [-0.2, -0.15) is 0 Å². The number of rotatable bonds is 1. The molecule has 2 atom stereocenters. The molecule has 1 aliphatic heterocycles. The van der Waals surface area contributed by atoms with Crippen molar-refractivity contribution in [2.45, 2.75) is 19.4 Å². The normalized spacial score (nSPS) is 24.8. The van der Waals surface area contributed by atoms with E-state index in [9.17, 15) is 4.79 Å². The minimum absolute atomic E-state index is 0.00866. The van der Waals surface area contributed by atoms with E-state index in [0.717, 1.165) is 13.0 Å². The Labute approximate surface area is 107 Å². The Hall–Kier alpha value is -1.06. The molecule has 1 fully saturated rings. The van der Waals surface area contributed by atoms with Gasteiger partial charge < -0.3 is 10.6 Å². The smallest absolute Gasteiger partial charge is 0.255 e. The number of nitrogens with two attached hydrogens (primary N) is 1. The van der Waals surface area contributed by atoms with Crippen LogP contribution in [0.15, 0.2) is 24.3 Å². The van der Waals surface area contributed by atoms with E-state index < -0.39 is 0 Å². The van der Waals surface area contributed by atoms with E-state index in [2.05, 4.69) is 6.92 Å². The van der Waals surface area contributed by atoms with Crippen molar-refractivity contribution in [3.05, 3.63) is 34.9 Å². The summed E-state index contributed by atoms with van der Waals surface area (Å²) in [5.41, 5.74) is 6.53. The minimum Gasteiger partial charge on any atom is -0.338 e. The van der Waals surface area contributed by atoms with Crippen molar-refractivity contribution in [1.82, 2.24) is 4.90 Å². The van der Waals surface area contributed by atoms with Crippen LogP contribution in [0.3, 0.4) is 0 Å². The summed E-state index contributed by atoms with van der Waals surface area (Å²) in [5, 5.41) is 0.514. The quantitative estimate of drug-likeness (QED) is 0.833. The molecule has 0 spiro atoms. The van der Waals surface area contributed by atoms with E-state index in [4.69, 9.17) is 17.3 Å². The summed E-state index contributed by atoms with van der Waals surface area (Å²) in [7, 11) is 0. The first-order valence-electron chi connectivity index (χ1n) is 5.89. The second kappa shape index (κ2) is 5.07.